The predicted molar refractivity (Wildman–Crippen MR) is 134 cm³/mol. The van der Waals surface area contributed by atoms with Crippen LogP contribution in [0.4, 0.5) is 0 Å². The molecule has 0 aliphatic rings. The lowest BCUT2D eigenvalue weighted by molar-refractivity contribution is -0.0549. The Hall–Kier alpha value is 0.210. The van der Waals surface area contributed by atoms with Crippen LogP contribution in [0.3, 0.4) is 0 Å². The summed E-state index contributed by atoms with van der Waals surface area (Å²) in [7, 11) is 0. The Morgan fingerprint density at radius 1 is 0.567 bits per heavy atom. The van der Waals surface area contributed by atoms with Crippen LogP contribution in [0.1, 0.15) is 113 Å². The van der Waals surface area contributed by atoms with E-state index in [9.17, 15) is 0 Å². The van der Waals surface area contributed by atoms with Crippen LogP contribution in [0, 0.1) is 35.5 Å². The summed E-state index contributed by atoms with van der Waals surface area (Å²) < 4.78 is 10.9. The molecule has 0 radical (unpaired) electrons. The Balaban J connectivity index is 3.88. The molecule has 6 unspecified atom stereocenters. The summed E-state index contributed by atoms with van der Waals surface area (Å²) in [6.45, 7) is 18.8. The molecule has 0 aromatic rings. The number of rotatable bonds is 21. The van der Waals surface area contributed by atoms with Gasteiger partial charge in [0.05, 0.1) is 0 Å². The van der Waals surface area contributed by atoms with E-state index in [2.05, 4.69) is 48.5 Å². The van der Waals surface area contributed by atoms with Crippen molar-refractivity contribution in [3.05, 3.63) is 0 Å². The average molecular weight is 447 g/mol. The molecule has 30 heavy (non-hydrogen) atoms. The fraction of sp³-hybridized carbons (Fsp3) is 1.00. The van der Waals surface area contributed by atoms with Crippen molar-refractivity contribution in [2.45, 2.75) is 113 Å². The van der Waals surface area contributed by atoms with E-state index in [0.29, 0.717) is 6.79 Å². The summed E-state index contributed by atoms with van der Waals surface area (Å²) in [5.41, 5.74) is 0. The normalized spacial score (nSPS) is 18.0. The van der Waals surface area contributed by atoms with Crippen molar-refractivity contribution in [3.63, 3.8) is 0 Å². The van der Waals surface area contributed by atoms with Crippen molar-refractivity contribution in [1.82, 2.24) is 0 Å². The quantitative estimate of drug-likeness (QED) is 0.0994. The fourth-order valence-electron chi connectivity index (χ4n) is 5.34. The fourth-order valence-corrected chi connectivity index (χ4v) is 5.49. The molecule has 0 fully saturated rings. The highest BCUT2D eigenvalue weighted by Gasteiger charge is 2.17. The van der Waals surface area contributed by atoms with E-state index in [1.807, 2.05) is 0 Å². The number of halogens is 1. The van der Waals surface area contributed by atoms with Crippen molar-refractivity contribution in [3.8, 4) is 0 Å². The van der Waals surface area contributed by atoms with Gasteiger partial charge in [0, 0.05) is 19.1 Å². The topological polar surface area (TPSA) is 18.5 Å². The second-order valence-corrected chi connectivity index (χ2v) is 11.1. The molecule has 3 heteroatoms. The van der Waals surface area contributed by atoms with Gasteiger partial charge in [-0.05, 0) is 99.7 Å². The van der Waals surface area contributed by atoms with E-state index in [-0.39, 0.29) is 0 Å². The van der Waals surface area contributed by atoms with Gasteiger partial charge in [0.15, 0.2) is 0 Å². The maximum absolute atomic E-state index is 5.84. The van der Waals surface area contributed by atoms with Crippen molar-refractivity contribution in [2.24, 2.45) is 35.5 Å². The van der Waals surface area contributed by atoms with Crippen LogP contribution in [0.15, 0.2) is 0 Å². The lowest BCUT2D eigenvalue weighted by Crippen LogP contribution is -2.13. The smallest absolute Gasteiger partial charge is 0.146 e. The Morgan fingerprint density at radius 2 is 0.967 bits per heavy atom. The lowest BCUT2D eigenvalue weighted by atomic mass is 9.81. The Morgan fingerprint density at radius 3 is 1.40 bits per heavy atom. The van der Waals surface area contributed by atoms with Gasteiger partial charge in [-0.25, -0.2) is 0 Å². The molecule has 0 amide bonds. The SMILES string of the molecule is CCCOCOCCCC(C)CC(C)CC(C)CC(C)CC(C)CC(C)CCCCl. The molecule has 0 saturated carbocycles. The van der Waals surface area contributed by atoms with E-state index < -0.39 is 0 Å². The summed E-state index contributed by atoms with van der Waals surface area (Å²) in [5.74, 6) is 5.76. The first-order chi connectivity index (χ1) is 14.3. The van der Waals surface area contributed by atoms with Crippen molar-refractivity contribution >= 4 is 11.6 Å². The third-order valence-corrected chi connectivity index (χ3v) is 6.62. The number of hydrogen-bond acceptors (Lipinski definition) is 2. The number of hydrogen-bond donors (Lipinski definition) is 0. The van der Waals surface area contributed by atoms with Crippen LogP contribution in [-0.2, 0) is 9.47 Å². The van der Waals surface area contributed by atoms with Gasteiger partial charge in [-0.3, -0.25) is 0 Å². The molecule has 6 atom stereocenters. The highest BCUT2D eigenvalue weighted by molar-refractivity contribution is 6.17. The van der Waals surface area contributed by atoms with Gasteiger partial charge in [-0.2, -0.15) is 0 Å². The molecule has 2 nitrogen and oxygen atoms in total. The second kappa shape index (κ2) is 19.9. The van der Waals surface area contributed by atoms with Gasteiger partial charge in [0.25, 0.3) is 0 Å². The standard InChI is InChI=1S/C27H55ClO2/c1-8-14-29-21-30-15-10-12-23(3)17-25(5)19-27(7)20-26(6)18-24(4)16-22(2)11-9-13-28/h22-27H,8-21H2,1-7H3. The largest absolute Gasteiger partial charge is 0.355 e. The first-order valence-electron chi connectivity index (χ1n) is 13.0. The van der Waals surface area contributed by atoms with Crippen molar-refractivity contribution in [2.75, 3.05) is 25.9 Å². The zero-order valence-corrected chi connectivity index (χ0v) is 22.3. The van der Waals surface area contributed by atoms with Crippen LogP contribution in [-0.4, -0.2) is 25.9 Å². The van der Waals surface area contributed by atoms with Gasteiger partial charge >= 0.3 is 0 Å². The molecule has 0 bridgehead atoms. The monoisotopic (exact) mass is 446 g/mol. The van der Waals surface area contributed by atoms with E-state index >= 15 is 0 Å². The lowest BCUT2D eigenvalue weighted by Gasteiger charge is -2.25. The molecule has 0 spiro atoms. The van der Waals surface area contributed by atoms with Crippen LogP contribution < -0.4 is 0 Å². The third kappa shape index (κ3) is 18.9. The first-order valence-corrected chi connectivity index (χ1v) is 13.5. The molecule has 0 aliphatic heterocycles. The molecule has 0 aliphatic carbocycles. The minimum Gasteiger partial charge on any atom is -0.355 e. The maximum atomic E-state index is 5.84. The van der Waals surface area contributed by atoms with Crippen molar-refractivity contribution in [1.29, 1.82) is 0 Å². The summed E-state index contributed by atoms with van der Waals surface area (Å²) >= 11 is 5.84. The van der Waals surface area contributed by atoms with Gasteiger partial charge in [-0.1, -0.05) is 48.5 Å². The third-order valence-electron chi connectivity index (χ3n) is 6.35. The van der Waals surface area contributed by atoms with Gasteiger partial charge in [-0.15, -0.1) is 11.6 Å². The summed E-state index contributed by atoms with van der Waals surface area (Å²) in [5, 5.41) is 0. The first kappa shape index (κ1) is 30.2. The highest BCUT2D eigenvalue weighted by atomic mass is 35.5. The number of alkyl halides is 1. The van der Waals surface area contributed by atoms with Crippen LogP contribution >= 0.6 is 11.6 Å². The Kier molecular flexibility index (Phi) is 20.0. The second-order valence-electron chi connectivity index (χ2n) is 10.7. The summed E-state index contributed by atoms with van der Waals surface area (Å²) in [6, 6.07) is 0. The summed E-state index contributed by atoms with van der Waals surface area (Å²) in [4.78, 5) is 0. The van der Waals surface area contributed by atoms with E-state index in [0.717, 1.165) is 67.4 Å². The van der Waals surface area contributed by atoms with Gasteiger partial charge in [0.1, 0.15) is 6.79 Å². The maximum Gasteiger partial charge on any atom is 0.146 e. The van der Waals surface area contributed by atoms with Gasteiger partial charge in [0.2, 0.25) is 0 Å². The van der Waals surface area contributed by atoms with Crippen LogP contribution in [0.5, 0.6) is 0 Å². The van der Waals surface area contributed by atoms with Crippen molar-refractivity contribution < 1.29 is 9.47 Å². The predicted octanol–water partition coefficient (Wildman–Crippen LogP) is 8.95. The Bertz CT molecular complexity index is 363. The van der Waals surface area contributed by atoms with E-state index in [1.165, 1.54) is 51.4 Å². The molecule has 0 N–H and O–H groups in total. The van der Waals surface area contributed by atoms with Crippen LogP contribution in [0.25, 0.3) is 0 Å². The van der Waals surface area contributed by atoms with E-state index in [4.69, 9.17) is 21.1 Å². The molecular weight excluding hydrogens is 392 g/mol. The zero-order valence-electron chi connectivity index (χ0n) is 21.6. The minimum atomic E-state index is 0.458. The molecule has 0 aromatic carbocycles. The number of ether oxygens (including phenoxy) is 2. The molecule has 0 aromatic heterocycles. The molecule has 182 valence electrons. The Labute approximate surface area is 195 Å². The molecular formula is C27H55ClO2. The van der Waals surface area contributed by atoms with E-state index in [1.54, 1.807) is 0 Å². The van der Waals surface area contributed by atoms with Gasteiger partial charge < -0.3 is 9.47 Å². The highest BCUT2D eigenvalue weighted by Crippen LogP contribution is 2.29. The molecule has 0 rings (SSSR count). The average Bonchev–Trinajstić information content (AvgIpc) is 2.64. The zero-order chi connectivity index (χ0) is 22.8. The molecule has 0 saturated heterocycles. The minimum absolute atomic E-state index is 0.458. The molecule has 0 heterocycles. The van der Waals surface area contributed by atoms with Crippen LogP contribution in [0.2, 0.25) is 0 Å². The summed E-state index contributed by atoms with van der Waals surface area (Å²) in [6.07, 6.45) is 12.8.